The fraction of sp³-hybridized carbons (Fsp3) is 0.393. The Bertz CT molecular complexity index is 1310. The van der Waals surface area contributed by atoms with Crippen LogP contribution in [0, 0.1) is 0 Å². The molecule has 2 aliphatic heterocycles. The van der Waals surface area contributed by atoms with Crippen molar-refractivity contribution < 1.29 is 32.3 Å². The van der Waals surface area contributed by atoms with Crippen molar-refractivity contribution >= 4 is 35.3 Å². The van der Waals surface area contributed by atoms with Crippen LogP contribution < -0.4 is 10.6 Å². The van der Waals surface area contributed by atoms with Gasteiger partial charge in [0.15, 0.2) is 0 Å². The van der Waals surface area contributed by atoms with Crippen LogP contribution in [0.25, 0.3) is 0 Å². The number of amides is 4. The summed E-state index contributed by atoms with van der Waals surface area (Å²) in [5.41, 5.74) is 0.941. The van der Waals surface area contributed by atoms with Crippen molar-refractivity contribution in [3.63, 3.8) is 0 Å². The maximum Gasteiger partial charge on any atom is 0.416 e. The number of likely N-dealkylation sites (N-methyl/N-ethyl adjacent to an activating group) is 1. The fourth-order valence-corrected chi connectivity index (χ4v) is 5.06. The van der Waals surface area contributed by atoms with E-state index in [1.54, 1.807) is 36.1 Å². The van der Waals surface area contributed by atoms with Gasteiger partial charge in [-0.2, -0.15) is 13.2 Å². The third-order valence-corrected chi connectivity index (χ3v) is 7.16. The number of nitrogens with zero attached hydrogens (tertiary/aromatic N) is 3. The van der Waals surface area contributed by atoms with Crippen molar-refractivity contribution in [3.05, 3.63) is 76.0 Å². The van der Waals surface area contributed by atoms with Crippen LogP contribution in [0.2, 0.25) is 5.02 Å². The van der Waals surface area contributed by atoms with Crippen molar-refractivity contribution in [2.24, 2.45) is 0 Å². The van der Waals surface area contributed by atoms with Gasteiger partial charge < -0.3 is 20.3 Å². The first kappa shape index (κ1) is 30.2. The first-order valence-electron chi connectivity index (χ1n) is 13.2. The first-order valence-corrected chi connectivity index (χ1v) is 13.6. The number of ether oxygens (including phenoxy) is 1. The molecule has 0 unspecified atom stereocenters. The van der Waals surface area contributed by atoms with Gasteiger partial charge in [0, 0.05) is 55.7 Å². The number of halogens is 4. The number of carbonyl (C=O) groups is 3. The summed E-state index contributed by atoms with van der Waals surface area (Å²) in [7, 11) is 0. The number of hydrogen-bond donors (Lipinski definition) is 2. The van der Waals surface area contributed by atoms with Crippen molar-refractivity contribution in [1.29, 1.82) is 0 Å². The highest BCUT2D eigenvalue weighted by Gasteiger charge is 2.39. The Morgan fingerprint density at radius 2 is 1.76 bits per heavy atom. The van der Waals surface area contributed by atoms with Crippen molar-refractivity contribution in [2.75, 3.05) is 51.2 Å². The summed E-state index contributed by atoms with van der Waals surface area (Å²) < 4.78 is 43.8. The number of hydrogen-bond acceptors (Lipinski definition) is 5. The quantitative estimate of drug-likeness (QED) is 0.435. The fourth-order valence-electron chi connectivity index (χ4n) is 4.86. The van der Waals surface area contributed by atoms with Gasteiger partial charge in [-0.1, -0.05) is 23.7 Å². The molecule has 2 aromatic rings. The van der Waals surface area contributed by atoms with Crippen LogP contribution in [0.4, 0.5) is 28.4 Å². The van der Waals surface area contributed by atoms with E-state index >= 15 is 0 Å². The number of alkyl halides is 3. The summed E-state index contributed by atoms with van der Waals surface area (Å²) >= 11 is 6.21. The van der Waals surface area contributed by atoms with Gasteiger partial charge in [-0.05, 0) is 55.8 Å². The SMILES string of the molecule is CCOC(=O)C1=C(CN2CCN(C(=O)Nc3ccc(C(F)(F)F)cc3)CC2)N(CC)C(=O)N[C@@H]1c1cccc(Cl)c1. The molecule has 220 valence electrons. The summed E-state index contributed by atoms with van der Waals surface area (Å²) in [5, 5.41) is 6.00. The van der Waals surface area contributed by atoms with Gasteiger partial charge in [0.1, 0.15) is 0 Å². The normalized spacial score (nSPS) is 18.3. The number of carbonyl (C=O) groups excluding carboxylic acids is 3. The van der Waals surface area contributed by atoms with Gasteiger partial charge in [-0.25, -0.2) is 14.4 Å². The van der Waals surface area contributed by atoms with Crippen LogP contribution in [-0.4, -0.2) is 78.6 Å². The van der Waals surface area contributed by atoms with E-state index in [2.05, 4.69) is 10.6 Å². The van der Waals surface area contributed by atoms with E-state index < -0.39 is 29.8 Å². The van der Waals surface area contributed by atoms with Crippen molar-refractivity contribution in [3.8, 4) is 0 Å². The number of piperazine rings is 1. The summed E-state index contributed by atoms with van der Waals surface area (Å²) in [5.74, 6) is -0.541. The molecule has 0 spiro atoms. The lowest BCUT2D eigenvalue weighted by Crippen LogP contribution is -2.54. The van der Waals surface area contributed by atoms with Crippen molar-refractivity contribution in [1.82, 2.24) is 20.0 Å². The molecule has 13 heteroatoms. The van der Waals surface area contributed by atoms with Gasteiger partial charge in [0.2, 0.25) is 0 Å². The van der Waals surface area contributed by atoms with E-state index in [1.165, 1.54) is 17.0 Å². The molecule has 4 amide bonds. The summed E-state index contributed by atoms with van der Waals surface area (Å²) in [4.78, 5) is 44.2. The Morgan fingerprint density at radius 1 is 1.07 bits per heavy atom. The second kappa shape index (κ2) is 12.8. The topological polar surface area (TPSA) is 94.2 Å². The number of rotatable bonds is 7. The van der Waals surface area contributed by atoms with Crippen LogP contribution in [-0.2, 0) is 15.7 Å². The predicted octanol–water partition coefficient (Wildman–Crippen LogP) is 5.11. The second-order valence-corrected chi connectivity index (χ2v) is 9.97. The van der Waals surface area contributed by atoms with Crippen molar-refractivity contribution in [2.45, 2.75) is 26.1 Å². The molecule has 9 nitrogen and oxygen atoms in total. The molecular formula is C28H31ClF3N5O4. The minimum Gasteiger partial charge on any atom is -0.463 e. The molecule has 0 aromatic heterocycles. The van der Waals surface area contributed by atoms with E-state index in [9.17, 15) is 27.6 Å². The Morgan fingerprint density at radius 3 is 2.34 bits per heavy atom. The lowest BCUT2D eigenvalue weighted by Gasteiger charge is -2.40. The summed E-state index contributed by atoms with van der Waals surface area (Å²) in [6.07, 6.45) is -4.46. The summed E-state index contributed by atoms with van der Waals surface area (Å²) in [6.45, 7) is 5.83. The summed E-state index contributed by atoms with van der Waals surface area (Å²) in [6, 6.07) is 9.64. The molecule has 2 aliphatic rings. The van der Waals surface area contributed by atoms with E-state index in [-0.39, 0.29) is 24.9 Å². The minimum atomic E-state index is -4.46. The molecule has 2 heterocycles. The molecule has 1 fully saturated rings. The molecule has 4 rings (SSSR count). The van der Waals surface area contributed by atoms with Gasteiger partial charge in [-0.15, -0.1) is 0 Å². The smallest absolute Gasteiger partial charge is 0.416 e. The first-order chi connectivity index (χ1) is 19.5. The molecule has 41 heavy (non-hydrogen) atoms. The van der Waals surface area contributed by atoms with Crippen LogP contribution in [0.3, 0.4) is 0 Å². The third-order valence-electron chi connectivity index (χ3n) is 6.93. The minimum absolute atomic E-state index is 0.157. The average Bonchev–Trinajstić information content (AvgIpc) is 2.93. The van der Waals surface area contributed by atoms with E-state index in [1.807, 2.05) is 11.8 Å². The molecule has 0 bridgehead atoms. The predicted molar refractivity (Wildman–Crippen MR) is 147 cm³/mol. The van der Waals surface area contributed by atoms with Crippen LogP contribution in [0.1, 0.15) is 31.0 Å². The molecule has 2 N–H and O–H groups in total. The average molecular weight is 594 g/mol. The zero-order chi connectivity index (χ0) is 29.7. The Labute approximate surface area is 240 Å². The molecular weight excluding hydrogens is 563 g/mol. The van der Waals surface area contributed by atoms with E-state index in [0.29, 0.717) is 54.6 Å². The highest BCUT2D eigenvalue weighted by atomic mass is 35.5. The lowest BCUT2D eigenvalue weighted by atomic mass is 9.94. The van der Waals surface area contributed by atoms with Crippen LogP contribution in [0.5, 0.6) is 0 Å². The monoisotopic (exact) mass is 593 g/mol. The third kappa shape index (κ3) is 7.12. The highest BCUT2D eigenvalue weighted by Crippen LogP contribution is 2.33. The van der Waals surface area contributed by atoms with E-state index in [4.69, 9.17) is 16.3 Å². The van der Waals surface area contributed by atoms with Crippen LogP contribution >= 0.6 is 11.6 Å². The van der Waals surface area contributed by atoms with Gasteiger partial charge in [0.05, 0.1) is 23.8 Å². The molecule has 1 saturated heterocycles. The van der Waals surface area contributed by atoms with Crippen LogP contribution in [0.15, 0.2) is 59.8 Å². The van der Waals surface area contributed by atoms with Gasteiger partial charge in [0.25, 0.3) is 0 Å². The number of urea groups is 2. The number of esters is 1. The molecule has 0 saturated carbocycles. The van der Waals surface area contributed by atoms with E-state index in [0.717, 1.165) is 12.1 Å². The highest BCUT2D eigenvalue weighted by molar-refractivity contribution is 6.30. The number of nitrogens with one attached hydrogen (secondary N) is 2. The zero-order valence-corrected chi connectivity index (χ0v) is 23.4. The Kier molecular flexibility index (Phi) is 9.44. The maximum atomic E-state index is 13.2. The number of anilines is 1. The Balaban J connectivity index is 1.50. The largest absolute Gasteiger partial charge is 0.463 e. The molecule has 1 atom stereocenters. The maximum absolute atomic E-state index is 13.2. The lowest BCUT2D eigenvalue weighted by molar-refractivity contribution is -0.139. The standard InChI is InChI=1S/C28H31ClF3N5O4/c1-3-37-22(23(25(38)41-4-2)24(34-27(37)40)18-6-5-7-20(29)16-18)17-35-12-14-36(15-13-35)26(39)33-21-10-8-19(9-11-21)28(30,31)32/h5-11,16,24H,3-4,12-15,17H2,1-2H3,(H,33,39)(H,34,40)/t24-/m1/s1. The van der Waals surface area contributed by atoms with Gasteiger partial charge >= 0.3 is 24.2 Å². The van der Waals surface area contributed by atoms with Gasteiger partial charge in [-0.3, -0.25) is 9.80 Å². The zero-order valence-electron chi connectivity index (χ0n) is 22.6. The molecule has 2 aromatic carbocycles. The molecule has 0 aliphatic carbocycles. The number of benzene rings is 2. The second-order valence-electron chi connectivity index (χ2n) is 9.53. The molecule has 0 radical (unpaired) electrons. The Hall–Kier alpha value is -3.77.